The Balaban J connectivity index is 2.29. The van der Waals surface area contributed by atoms with Gasteiger partial charge in [-0.1, -0.05) is 98.1 Å². The summed E-state index contributed by atoms with van der Waals surface area (Å²) >= 11 is 0. The first kappa shape index (κ1) is 42.7. The molecule has 49 heavy (non-hydrogen) atoms. The average molecular weight is 676 g/mol. The molecule has 0 aliphatic carbocycles. The lowest BCUT2D eigenvalue weighted by atomic mass is 10.1. The number of hydrogen-bond acceptors (Lipinski definition) is 7. The molecule has 0 bridgehead atoms. The summed E-state index contributed by atoms with van der Waals surface area (Å²) in [6.45, 7) is 3.27. The lowest BCUT2D eigenvalue weighted by molar-refractivity contribution is -0.157. The number of nitrogens with zero attached hydrogens (tertiary/aromatic N) is 1. The normalized spacial score (nSPS) is 13.0. The Hall–Kier alpha value is -4.34. The summed E-state index contributed by atoms with van der Waals surface area (Å²) in [5.74, 6) is -1.24. The molecule has 0 saturated carbocycles. The quantitative estimate of drug-likeness (QED) is 0.0497. The van der Waals surface area contributed by atoms with Gasteiger partial charge in [-0.2, -0.15) is 0 Å². The van der Waals surface area contributed by atoms with Crippen LogP contribution in [-0.2, 0) is 19.1 Å². The summed E-state index contributed by atoms with van der Waals surface area (Å²) in [4.78, 5) is 41.7. The Morgan fingerprint density at radius 3 is 1.90 bits per heavy atom. The Bertz CT molecular complexity index is 1260. The van der Waals surface area contributed by atoms with Crippen molar-refractivity contribution in [3.8, 4) is 0 Å². The van der Waals surface area contributed by atoms with Crippen molar-refractivity contribution >= 4 is 23.9 Å². The van der Waals surface area contributed by atoms with E-state index in [9.17, 15) is 24.6 Å². The summed E-state index contributed by atoms with van der Waals surface area (Å²) in [7, 11) is 0. The highest BCUT2D eigenvalue weighted by Crippen LogP contribution is 2.06. The summed E-state index contributed by atoms with van der Waals surface area (Å²) in [6.07, 6.45) is 37.1. The molecule has 1 aromatic rings. The first-order valence-electron chi connectivity index (χ1n) is 17.4. The molecule has 268 valence electrons. The van der Waals surface area contributed by atoms with Crippen LogP contribution < -0.4 is 10.6 Å². The van der Waals surface area contributed by atoms with E-state index in [2.05, 4.69) is 83.3 Å². The topological polar surface area (TPSA) is 138 Å². The molecule has 4 N–H and O–H groups in total. The molecular weight excluding hydrogens is 618 g/mol. The number of rotatable bonds is 26. The molecule has 0 aliphatic rings. The van der Waals surface area contributed by atoms with E-state index in [-0.39, 0.29) is 24.7 Å². The van der Waals surface area contributed by atoms with Crippen molar-refractivity contribution in [2.24, 2.45) is 0 Å². The first-order chi connectivity index (χ1) is 23.9. The number of carbonyl (C=O) groups excluding carboxylic acids is 3. The van der Waals surface area contributed by atoms with Crippen LogP contribution in [0.4, 0.5) is 0 Å². The number of aliphatic hydroxyl groups excluding tert-OH is 2. The molecule has 9 heteroatoms. The van der Waals surface area contributed by atoms with Gasteiger partial charge in [0.25, 0.3) is 0 Å². The number of esters is 1. The largest absolute Gasteiger partial charge is 0.456 e. The van der Waals surface area contributed by atoms with Crippen molar-refractivity contribution in [3.63, 3.8) is 0 Å². The Labute approximate surface area is 293 Å². The lowest BCUT2D eigenvalue weighted by Crippen LogP contribution is -2.44. The molecule has 9 nitrogen and oxygen atoms in total. The number of aromatic nitrogens is 1. The second kappa shape index (κ2) is 29.8. The fourth-order valence-corrected chi connectivity index (χ4v) is 4.24. The standard InChI is InChI=1S/C40H57N3O6/c1-3-4-5-6-7-8-9-10-11-12-13-14-15-16-17-18-19-20-21-26-38(46)41-30-23-25-37(40(48)49-36(32-44)33-45)43-39(47)27-22-24-35-29-28-34(2)42-31-35/h4-5,7-8,10-11,13-14,16-17,19-20,22,24,28-29,31,36-37,44-45H,3,6,9,12,15,18,21,23,25-27,30,32-33H2,1-2H3,(H,41,46)(H,43,47)/b5-4-,8-7-,11-10-,14-13-,17-16-,20-19-,24-22+/t37-/m0/s1. The zero-order chi connectivity index (χ0) is 35.8. The molecule has 0 spiro atoms. The zero-order valence-corrected chi connectivity index (χ0v) is 29.3. The van der Waals surface area contributed by atoms with Crippen LogP contribution in [0.15, 0.2) is 97.3 Å². The van der Waals surface area contributed by atoms with E-state index in [1.54, 1.807) is 18.3 Å². The van der Waals surface area contributed by atoms with E-state index in [0.29, 0.717) is 25.8 Å². The molecule has 2 amide bonds. The SMILES string of the molecule is CC/C=C\C/C=C\C/C=C\C/C=C\C/C=C\C/C=C\CCC(=O)NCCC[C@H](NC(=O)C/C=C/c1ccc(C)nc1)C(=O)OC(CO)CO. The fourth-order valence-electron chi connectivity index (χ4n) is 4.24. The van der Waals surface area contributed by atoms with E-state index in [0.717, 1.165) is 49.8 Å². The second-order valence-corrected chi connectivity index (χ2v) is 11.3. The van der Waals surface area contributed by atoms with Crippen molar-refractivity contribution in [2.75, 3.05) is 19.8 Å². The number of nitrogens with one attached hydrogen (secondary N) is 2. The third-order valence-electron chi connectivity index (χ3n) is 6.98. The van der Waals surface area contributed by atoms with E-state index < -0.39 is 31.3 Å². The van der Waals surface area contributed by atoms with Crippen LogP contribution in [0.3, 0.4) is 0 Å². The van der Waals surface area contributed by atoms with E-state index in [4.69, 9.17) is 4.74 Å². The Morgan fingerprint density at radius 1 is 0.796 bits per heavy atom. The number of pyridine rings is 1. The smallest absolute Gasteiger partial charge is 0.329 e. The van der Waals surface area contributed by atoms with Gasteiger partial charge in [0.05, 0.1) is 13.2 Å². The van der Waals surface area contributed by atoms with Crippen molar-refractivity contribution in [1.82, 2.24) is 15.6 Å². The van der Waals surface area contributed by atoms with Crippen LogP contribution in [0.2, 0.25) is 0 Å². The second-order valence-electron chi connectivity index (χ2n) is 11.3. The maximum atomic E-state index is 12.7. The monoisotopic (exact) mass is 675 g/mol. The molecule has 0 radical (unpaired) electrons. The maximum Gasteiger partial charge on any atom is 0.329 e. The molecule has 1 heterocycles. The van der Waals surface area contributed by atoms with E-state index >= 15 is 0 Å². The lowest BCUT2D eigenvalue weighted by Gasteiger charge is -2.20. The highest BCUT2D eigenvalue weighted by molar-refractivity contribution is 5.85. The van der Waals surface area contributed by atoms with Crippen molar-refractivity contribution in [1.29, 1.82) is 0 Å². The highest BCUT2D eigenvalue weighted by atomic mass is 16.6. The molecular formula is C40H57N3O6. The summed E-state index contributed by atoms with van der Waals surface area (Å²) in [6, 6.07) is 2.77. The van der Waals surface area contributed by atoms with Gasteiger partial charge in [-0.3, -0.25) is 14.6 Å². The highest BCUT2D eigenvalue weighted by Gasteiger charge is 2.24. The molecule has 0 aliphatic heterocycles. The average Bonchev–Trinajstić information content (AvgIpc) is 3.10. The van der Waals surface area contributed by atoms with Crippen molar-refractivity contribution in [2.45, 2.75) is 96.6 Å². The van der Waals surface area contributed by atoms with E-state index in [1.165, 1.54) is 0 Å². The number of amides is 2. The molecule has 0 aromatic carbocycles. The number of ether oxygens (including phenoxy) is 1. The first-order valence-corrected chi connectivity index (χ1v) is 17.4. The van der Waals surface area contributed by atoms with Gasteiger partial charge >= 0.3 is 5.97 Å². The summed E-state index contributed by atoms with van der Waals surface area (Å²) in [5, 5.41) is 24.1. The number of aliphatic hydroxyl groups is 2. The minimum atomic E-state index is -1.07. The van der Waals surface area contributed by atoms with Crippen LogP contribution in [-0.4, -0.2) is 64.9 Å². The number of hydrogen-bond donors (Lipinski definition) is 4. The van der Waals surface area contributed by atoms with Gasteiger partial charge < -0.3 is 25.6 Å². The minimum absolute atomic E-state index is 0.0341. The predicted octanol–water partition coefficient (Wildman–Crippen LogP) is 6.55. The van der Waals surface area contributed by atoms with Gasteiger partial charge in [0.15, 0.2) is 0 Å². The number of aryl methyl sites for hydroxylation is 1. The van der Waals surface area contributed by atoms with Gasteiger partial charge in [0, 0.05) is 31.3 Å². The van der Waals surface area contributed by atoms with Crippen LogP contribution in [0.5, 0.6) is 0 Å². The van der Waals surface area contributed by atoms with Crippen LogP contribution in [0.25, 0.3) is 6.08 Å². The summed E-state index contributed by atoms with van der Waals surface area (Å²) in [5.41, 5.74) is 1.74. The van der Waals surface area contributed by atoms with Crippen LogP contribution in [0, 0.1) is 6.92 Å². The van der Waals surface area contributed by atoms with Gasteiger partial charge in [-0.25, -0.2) is 4.79 Å². The summed E-state index contributed by atoms with van der Waals surface area (Å²) < 4.78 is 5.13. The zero-order valence-electron chi connectivity index (χ0n) is 29.3. The Morgan fingerprint density at radius 2 is 1.37 bits per heavy atom. The van der Waals surface area contributed by atoms with Gasteiger partial charge in [-0.15, -0.1) is 0 Å². The van der Waals surface area contributed by atoms with Gasteiger partial charge in [0.1, 0.15) is 12.1 Å². The van der Waals surface area contributed by atoms with Gasteiger partial charge in [-0.05, 0) is 76.3 Å². The fraction of sp³-hybridized carbons (Fsp3) is 0.450. The van der Waals surface area contributed by atoms with Crippen molar-refractivity contribution in [3.05, 3.63) is 109 Å². The molecule has 0 saturated heterocycles. The molecule has 0 unspecified atom stereocenters. The minimum Gasteiger partial charge on any atom is -0.456 e. The molecule has 1 aromatic heterocycles. The van der Waals surface area contributed by atoms with Crippen LogP contribution >= 0.6 is 0 Å². The Kier molecular flexibility index (Phi) is 25.9. The number of allylic oxidation sites excluding steroid dienone is 12. The number of carbonyl (C=O) groups is 3. The molecule has 1 rings (SSSR count). The predicted molar refractivity (Wildman–Crippen MR) is 198 cm³/mol. The molecule has 1 atom stereocenters. The third kappa shape index (κ3) is 24.5. The van der Waals surface area contributed by atoms with Crippen molar-refractivity contribution < 1.29 is 29.3 Å². The third-order valence-corrected chi connectivity index (χ3v) is 6.98. The van der Waals surface area contributed by atoms with E-state index in [1.807, 2.05) is 31.2 Å². The van der Waals surface area contributed by atoms with Crippen LogP contribution in [0.1, 0.15) is 88.8 Å². The van der Waals surface area contributed by atoms with Gasteiger partial charge in [0.2, 0.25) is 11.8 Å². The molecule has 0 fully saturated rings. The maximum absolute atomic E-state index is 12.7.